The van der Waals surface area contributed by atoms with E-state index in [0.717, 1.165) is 22.9 Å². The third-order valence-electron chi connectivity index (χ3n) is 3.86. The fourth-order valence-electron chi connectivity index (χ4n) is 2.53. The molecule has 0 spiro atoms. The third kappa shape index (κ3) is 3.47. The van der Waals surface area contributed by atoms with Crippen molar-refractivity contribution in [2.75, 3.05) is 0 Å². The number of rotatable bonds is 6. The summed E-state index contributed by atoms with van der Waals surface area (Å²) < 4.78 is 13.9. The molecule has 20 heavy (non-hydrogen) atoms. The molecule has 1 aromatic carbocycles. The van der Waals surface area contributed by atoms with E-state index < -0.39 is 0 Å². The second-order valence-corrected chi connectivity index (χ2v) is 6.70. The maximum Gasteiger partial charge on any atom is 0.131 e. The largest absolute Gasteiger partial charge is 0.310 e. The molecule has 1 saturated carbocycles. The van der Waals surface area contributed by atoms with Crippen molar-refractivity contribution in [1.29, 1.82) is 0 Å². The first kappa shape index (κ1) is 13.8. The lowest BCUT2D eigenvalue weighted by Gasteiger charge is -2.14. The van der Waals surface area contributed by atoms with Crippen molar-refractivity contribution in [3.63, 3.8) is 0 Å². The van der Waals surface area contributed by atoms with E-state index in [1.165, 1.54) is 19.3 Å². The molecule has 1 unspecified atom stereocenters. The molecule has 1 fully saturated rings. The Morgan fingerprint density at radius 2 is 2.20 bits per heavy atom. The summed E-state index contributed by atoms with van der Waals surface area (Å²) in [6, 6.07) is 9.90. The van der Waals surface area contributed by atoms with Crippen molar-refractivity contribution in [2.45, 2.75) is 38.8 Å². The van der Waals surface area contributed by atoms with Gasteiger partial charge in [0.1, 0.15) is 5.82 Å². The normalized spacial score (nSPS) is 16.3. The van der Waals surface area contributed by atoms with Crippen molar-refractivity contribution in [1.82, 2.24) is 5.32 Å². The Labute approximate surface area is 123 Å². The molecule has 1 nitrogen and oxygen atoms in total. The molecule has 1 N–H and O–H groups in total. The van der Waals surface area contributed by atoms with Crippen LogP contribution in [0, 0.1) is 11.7 Å². The summed E-state index contributed by atoms with van der Waals surface area (Å²) >= 11 is 1.58. The number of benzene rings is 1. The van der Waals surface area contributed by atoms with Crippen molar-refractivity contribution >= 4 is 11.3 Å². The van der Waals surface area contributed by atoms with Gasteiger partial charge in [-0.25, -0.2) is 4.39 Å². The number of nitrogens with one attached hydrogen (secondary N) is 1. The maximum atomic E-state index is 13.9. The van der Waals surface area contributed by atoms with Crippen LogP contribution in [-0.4, -0.2) is 6.04 Å². The number of hydrogen-bond donors (Lipinski definition) is 1. The quantitative estimate of drug-likeness (QED) is 0.803. The second-order valence-electron chi connectivity index (χ2n) is 5.75. The van der Waals surface area contributed by atoms with Crippen LogP contribution in [0.5, 0.6) is 0 Å². The van der Waals surface area contributed by atoms with E-state index in [9.17, 15) is 4.39 Å². The SMILES string of the molecule is CC(CC1CC1)NCc1ccc(F)c(-c2cccs2)c1. The molecule has 1 atom stereocenters. The highest BCUT2D eigenvalue weighted by Gasteiger charge is 2.23. The molecule has 0 aliphatic heterocycles. The van der Waals surface area contributed by atoms with Crippen LogP contribution in [0.15, 0.2) is 35.7 Å². The van der Waals surface area contributed by atoms with Gasteiger partial charge in [-0.15, -0.1) is 11.3 Å². The minimum Gasteiger partial charge on any atom is -0.310 e. The molecular formula is C17H20FNS. The first-order valence-electron chi connectivity index (χ1n) is 7.28. The predicted molar refractivity (Wildman–Crippen MR) is 83.4 cm³/mol. The lowest BCUT2D eigenvalue weighted by atomic mass is 10.1. The zero-order valence-electron chi connectivity index (χ0n) is 11.7. The van der Waals surface area contributed by atoms with Gasteiger partial charge in [0.2, 0.25) is 0 Å². The van der Waals surface area contributed by atoms with Gasteiger partial charge in [-0.3, -0.25) is 0 Å². The lowest BCUT2D eigenvalue weighted by Crippen LogP contribution is -2.25. The smallest absolute Gasteiger partial charge is 0.131 e. The molecule has 0 saturated heterocycles. The van der Waals surface area contributed by atoms with Crippen LogP contribution in [0.2, 0.25) is 0 Å². The summed E-state index contributed by atoms with van der Waals surface area (Å²) in [7, 11) is 0. The van der Waals surface area contributed by atoms with Gasteiger partial charge in [0.25, 0.3) is 0 Å². The second kappa shape index (κ2) is 6.06. The van der Waals surface area contributed by atoms with Crippen LogP contribution in [-0.2, 0) is 6.54 Å². The monoisotopic (exact) mass is 289 g/mol. The van der Waals surface area contributed by atoms with E-state index in [1.807, 2.05) is 29.6 Å². The van der Waals surface area contributed by atoms with E-state index in [0.29, 0.717) is 11.6 Å². The minimum atomic E-state index is -0.137. The lowest BCUT2D eigenvalue weighted by molar-refractivity contribution is 0.487. The summed E-state index contributed by atoms with van der Waals surface area (Å²) in [5, 5.41) is 5.53. The fraction of sp³-hybridized carbons (Fsp3) is 0.412. The van der Waals surface area contributed by atoms with Crippen LogP contribution in [0.1, 0.15) is 31.7 Å². The van der Waals surface area contributed by atoms with Crippen molar-refractivity contribution in [3.8, 4) is 10.4 Å². The molecule has 0 amide bonds. The highest BCUT2D eigenvalue weighted by atomic mass is 32.1. The highest BCUT2D eigenvalue weighted by molar-refractivity contribution is 7.13. The standard InChI is InChI=1S/C17H20FNS/c1-12(9-13-4-5-13)19-11-14-6-7-16(18)15(10-14)17-3-2-8-20-17/h2-3,6-8,10,12-13,19H,4-5,9,11H2,1H3. The van der Waals surface area contributed by atoms with Crippen molar-refractivity contribution in [3.05, 3.63) is 47.1 Å². The van der Waals surface area contributed by atoms with Crippen LogP contribution >= 0.6 is 11.3 Å². The molecule has 0 bridgehead atoms. The Bertz CT molecular complexity index is 560. The van der Waals surface area contributed by atoms with Gasteiger partial charge in [0.15, 0.2) is 0 Å². The molecule has 3 heteroatoms. The zero-order valence-corrected chi connectivity index (χ0v) is 12.5. The Kier molecular flexibility index (Phi) is 4.18. The van der Waals surface area contributed by atoms with E-state index >= 15 is 0 Å². The molecule has 1 heterocycles. The minimum absolute atomic E-state index is 0.137. The molecule has 3 rings (SSSR count). The molecule has 1 aromatic heterocycles. The van der Waals surface area contributed by atoms with Crippen LogP contribution in [0.4, 0.5) is 4.39 Å². The topological polar surface area (TPSA) is 12.0 Å². The zero-order chi connectivity index (χ0) is 13.9. The Morgan fingerprint density at radius 3 is 2.90 bits per heavy atom. The highest BCUT2D eigenvalue weighted by Crippen LogP contribution is 2.33. The Balaban J connectivity index is 1.66. The fourth-order valence-corrected chi connectivity index (χ4v) is 3.28. The third-order valence-corrected chi connectivity index (χ3v) is 4.76. The summed E-state index contributed by atoms with van der Waals surface area (Å²) in [4.78, 5) is 0.996. The summed E-state index contributed by atoms with van der Waals surface area (Å²) in [6.07, 6.45) is 4.05. The van der Waals surface area contributed by atoms with E-state index in [2.05, 4.69) is 12.2 Å². The molecule has 106 valence electrons. The summed E-state index contributed by atoms with van der Waals surface area (Å²) in [6.45, 7) is 3.05. The van der Waals surface area contributed by atoms with Gasteiger partial charge in [-0.1, -0.05) is 25.0 Å². The number of thiophene rings is 1. The van der Waals surface area contributed by atoms with Crippen LogP contribution in [0.3, 0.4) is 0 Å². The van der Waals surface area contributed by atoms with Crippen molar-refractivity contribution in [2.24, 2.45) is 5.92 Å². The average Bonchev–Trinajstić information content (AvgIpc) is 3.08. The Hall–Kier alpha value is -1.19. The number of halogens is 1. The van der Waals surface area contributed by atoms with Gasteiger partial charge in [0, 0.05) is 23.0 Å². The first-order valence-corrected chi connectivity index (χ1v) is 8.16. The van der Waals surface area contributed by atoms with Gasteiger partial charge in [-0.05, 0) is 48.4 Å². The summed E-state index contributed by atoms with van der Waals surface area (Å²) in [5.41, 5.74) is 1.87. The van der Waals surface area contributed by atoms with E-state index in [1.54, 1.807) is 17.4 Å². The van der Waals surface area contributed by atoms with E-state index in [-0.39, 0.29) is 5.82 Å². The molecule has 0 radical (unpaired) electrons. The van der Waals surface area contributed by atoms with Crippen LogP contribution < -0.4 is 5.32 Å². The molecule has 1 aliphatic carbocycles. The number of hydrogen-bond acceptors (Lipinski definition) is 2. The molecule has 1 aliphatic rings. The molecule has 2 aromatic rings. The predicted octanol–water partition coefficient (Wildman–Crippen LogP) is 4.83. The van der Waals surface area contributed by atoms with E-state index in [4.69, 9.17) is 0 Å². The van der Waals surface area contributed by atoms with Gasteiger partial charge in [-0.2, -0.15) is 0 Å². The Morgan fingerprint density at radius 1 is 1.35 bits per heavy atom. The summed E-state index contributed by atoms with van der Waals surface area (Å²) in [5.74, 6) is 0.801. The van der Waals surface area contributed by atoms with Crippen LogP contribution in [0.25, 0.3) is 10.4 Å². The molecular weight excluding hydrogens is 269 g/mol. The van der Waals surface area contributed by atoms with Gasteiger partial charge in [0.05, 0.1) is 0 Å². The van der Waals surface area contributed by atoms with Crippen molar-refractivity contribution < 1.29 is 4.39 Å². The maximum absolute atomic E-state index is 13.9. The average molecular weight is 289 g/mol. The van der Waals surface area contributed by atoms with Gasteiger partial charge < -0.3 is 5.32 Å². The van der Waals surface area contributed by atoms with Gasteiger partial charge >= 0.3 is 0 Å². The first-order chi connectivity index (χ1) is 9.72.